The summed E-state index contributed by atoms with van der Waals surface area (Å²) in [6.07, 6.45) is 5.27. The minimum atomic E-state index is -0.129. The van der Waals surface area contributed by atoms with E-state index in [1.54, 1.807) is 12.3 Å². The zero-order chi connectivity index (χ0) is 21.3. The number of piperidine rings is 1. The number of hydrogen-bond donors (Lipinski definition) is 2. The van der Waals surface area contributed by atoms with E-state index in [9.17, 15) is 9.59 Å². The number of amides is 2. The molecule has 0 bridgehead atoms. The van der Waals surface area contributed by atoms with E-state index in [1.165, 1.54) is 31.0 Å². The Bertz CT molecular complexity index is 817. The molecule has 2 heterocycles. The average Bonchev–Trinajstić information content (AvgIpc) is 3.27. The number of likely N-dealkylation sites (tertiary alicyclic amines) is 1. The molecular formula is C23H31N3O3S. The van der Waals surface area contributed by atoms with Gasteiger partial charge in [-0.1, -0.05) is 18.6 Å². The van der Waals surface area contributed by atoms with Crippen molar-refractivity contribution in [2.45, 2.75) is 50.1 Å². The van der Waals surface area contributed by atoms with Gasteiger partial charge in [0.2, 0.25) is 5.91 Å². The Morgan fingerprint density at radius 3 is 2.57 bits per heavy atom. The number of carbonyl (C=O) groups excluding carboxylic acids is 2. The molecule has 1 atom stereocenters. The maximum Gasteiger partial charge on any atom is 0.252 e. The van der Waals surface area contributed by atoms with Crippen LogP contribution in [-0.2, 0) is 4.79 Å². The summed E-state index contributed by atoms with van der Waals surface area (Å²) in [7, 11) is 0. The molecule has 7 heteroatoms. The molecule has 1 saturated heterocycles. The van der Waals surface area contributed by atoms with Crippen LogP contribution in [0.1, 0.15) is 55.3 Å². The highest BCUT2D eigenvalue weighted by atomic mass is 32.2. The summed E-state index contributed by atoms with van der Waals surface area (Å²) in [5.74, 6) is 1.000. The molecule has 2 N–H and O–H groups in total. The van der Waals surface area contributed by atoms with Crippen molar-refractivity contribution >= 4 is 23.6 Å². The highest BCUT2D eigenvalue weighted by molar-refractivity contribution is 8.00. The molecule has 1 aromatic carbocycles. The first-order valence-electron chi connectivity index (χ1n) is 10.6. The molecule has 0 saturated carbocycles. The van der Waals surface area contributed by atoms with Gasteiger partial charge in [0, 0.05) is 17.5 Å². The van der Waals surface area contributed by atoms with Crippen LogP contribution >= 0.6 is 11.8 Å². The fourth-order valence-corrected chi connectivity index (χ4v) is 4.55. The standard InChI is InChI=1S/C23H31N3O3S/c1-17(2)25-22(27)16-30-21-11-5-4-9-18(21)23(28)24-15-19(20-10-8-14-29-20)26-12-6-3-7-13-26/h4-5,8-11,14,17,19H,3,6-7,12-13,15-16H2,1-2H3,(H,24,28)(H,25,27). The lowest BCUT2D eigenvalue weighted by Crippen LogP contribution is -2.40. The van der Waals surface area contributed by atoms with Gasteiger partial charge < -0.3 is 15.1 Å². The largest absolute Gasteiger partial charge is 0.468 e. The molecule has 162 valence electrons. The molecule has 1 aliphatic rings. The Hall–Kier alpha value is -2.25. The summed E-state index contributed by atoms with van der Waals surface area (Å²) in [6.45, 7) is 6.37. The summed E-state index contributed by atoms with van der Waals surface area (Å²) in [6, 6.07) is 11.4. The molecule has 1 aliphatic heterocycles. The smallest absolute Gasteiger partial charge is 0.252 e. The van der Waals surface area contributed by atoms with Gasteiger partial charge in [0.25, 0.3) is 5.91 Å². The third kappa shape index (κ3) is 6.37. The second-order valence-electron chi connectivity index (χ2n) is 7.84. The predicted octanol–water partition coefficient (Wildman–Crippen LogP) is 3.85. The van der Waals surface area contributed by atoms with Crippen LogP contribution in [0.4, 0.5) is 0 Å². The van der Waals surface area contributed by atoms with E-state index in [0.717, 1.165) is 23.7 Å². The number of thioether (sulfide) groups is 1. The first-order valence-corrected chi connectivity index (χ1v) is 11.6. The molecule has 30 heavy (non-hydrogen) atoms. The molecule has 2 aromatic rings. The summed E-state index contributed by atoms with van der Waals surface area (Å²) in [4.78, 5) is 28.1. The van der Waals surface area contributed by atoms with Crippen molar-refractivity contribution in [3.8, 4) is 0 Å². The number of carbonyl (C=O) groups is 2. The lowest BCUT2D eigenvalue weighted by molar-refractivity contribution is -0.119. The number of hydrogen-bond acceptors (Lipinski definition) is 5. The van der Waals surface area contributed by atoms with Gasteiger partial charge in [0.1, 0.15) is 5.76 Å². The van der Waals surface area contributed by atoms with Crippen molar-refractivity contribution in [1.29, 1.82) is 0 Å². The molecule has 6 nitrogen and oxygen atoms in total. The molecule has 1 fully saturated rings. The van der Waals surface area contributed by atoms with Crippen LogP contribution in [0.2, 0.25) is 0 Å². The van der Waals surface area contributed by atoms with Gasteiger partial charge in [-0.25, -0.2) is 0 Å². The van der Waals surface area contributed by atoms with Crippen LogP contribution in [0, 0.1) is 0 Å². The van der Waals surface area contributed by atoms with E-state index >= 15 is 0 Å². The topological polar surface area (TPSA) is 74.6 Å². The Morgan fingerprint density at radius 1 is 1.10 bits per heavy atom. The average molecular weight is 430 g/mol. The van der Waals surface area contributed by atoms with E-state index in [4.69, 9.17) is 4.42 Å². The fourth-order valence-electron chi connectivity index (χ4n) is 3.69. The van der Waals surface area contributed by atoms with Gasteiger partial charge in [0.15, 0.2) is 0 Å². The van der Waals surface area contributed by atoms with Gasteiger partial charge in [-0.05, 0) is 64.0 Å². The second-order valence-corrected chi connectivity index (χ2v) is 8.86. The van der Waals surface area contributed by atoms with E-state index in [2.05, 4.69) is 15.5 Å². The zero-order valence-electron chi connectivity index (χ0n) is 17.7. The first-order chi connectivity index (χ1) is 14.5. The van der Waals surface area contributed by atoms with Crippen LogP contribution in [0.5, 0.6) is 0 Å². The second kappa shape index (κ2) is 11.2. The molecule has 1 unspecified atom stereocenters. The first kappa shape index (κ1) is 22.4. The van der Waals surface area contributed by atoms with Gasteiger partial charge >= 0.3 is 0 Å². The maximum atomic E-state index is 13.0. The molecular weight excluding hydrogens is 398 g/mol. The molecule has 0 spiro atoms. The summed E-state index contributed by atoms with van der Waals surface area (Å²) < 4.78 is 5.67. The monoisotopic (exact) mass is 429 g/mol. The Kier molecular flexibility index (Phi) is 8.39. The lowest BCUT2D eigenvalue weighted by Gasteiger charge is -2.33. The van der Waals surface area contributed by atoms with Crippen molar-refractivity contribution < 1.29 is 14.0 Å². The van der Waals surface area contributed by atoms with Crippen LogP contribution < -0.4 is 10.6 Å². The van der Waals surface area contributed by atoms with E-state index < -0.39 is 0 Å². The number of nitrogens with zero attached hydrogens (tertiary/aromatic N) is 1. The molecule has 0 radical (unpaired) electrons. The SMILES string of the molecule is CC(C)NC(=O)CSc1ccccc1C(=O)NCC(c1ccco1)N1CCCCC1. The minimum Gasteiger partial charge on any atom is -0.468 e. The van der Waals surface area contributed by atoms with Crippen molar-refractivity contribution in [1.82, 2.24) is 15.5 Å². The minimum absolute atomic E-state index is 0.0286. The van der Waals surface area contributed by atoms with Crippen molar-refractivity contribution in [3.05, 3.63) is 54.0 Å². The zero-order valence-corrected chi connectivity index (χ0v) is 18.5. The molecule has 3 rings (SSSR count). The number of furan rings is 1. The van der Waals surface area contributed by atoms with Crippen molar-refractivity contribution in [2.24, 2.45) is 0 Å². The van der Waals surface area contributed by atoms with Gasteiger partial charge in [-0.2, -0.15) is 0 Å². The maximum absolute atomic E-state index is 13.0. The van der Waals surface area contributed by atoms with Crippen LogP contribution in [0.15, 0.2) is 52.0 Å². The number of benzene rings is 1. The van der Waals surface area contributed by atoms with Crippen LogP contribution in [0.25, 0.3) is 0 Å². The number of nitrogens with one attached hydrogen (secondary N) is 2. The number of rotatable bonds is 9. The Balaban J connectivity index is 1.64. The molecule has 1 aromatic heterocycles. The van der Waals surface area contributed by atoms with E-state index in [1.807, 2.05) is 44.2 Å². The van der Waals surface area contributed by atoms with E-state index in [0.29, 0.717) is 12.1 Å². The summed E-state index contributed by atoms with van der Waals surface area (Å²) in [5.41, 5.74) is 0.594. The Labute approximate surface area is 182 Å². The van der Waals surface area contributed by atoms with Gasteiger partial charge in [0.05, 0.1) is 23.6 Å². The highest BCUT2D eigenvalue weighted by Crippen LogP contribution is 2.26. The van der Waals surface area contributed by atoms with Crippen LogP contribution in [-0.4, -0.2) is 48.1 Å². The summed E-state index contributed by atoms with van der Waals surface area (Å²) >= 11 is 1.38. The highest BCUT2D eigenvalue weighted by Gasteiger charge is 2.25. The molecule has 0 aliphatic carbocycles. The van der Waals surface area contributed by atoms with E-state index in [-0.39, 0.29) is 29.7 Å². The van der Waals surface area contributed by atoms with Crippen molar-refractivity contribution in [2.75, 3.05) is 25.4 Å². The molecule has 2 amide bonds. The fraction of sp³-hybridized carbons (Fsp3) is 0.478. The lowest BCUT2D eigenvalue weighted by atomic mass is 10.1. The Morgan fingerprint density at radius 2 is 1.87 bits per heavy atom. The van der Waals surface area contributed by atoms with Gasteiger partial charge in [-0.15, -0.1) is 11.8 Å². The van der Waals surface area contributed by atoms with Crippen LogP contribution in [0.3, 0.4) is 0 Å². The predicted molar refractivity (Wildman–Crippen MR) is 120 cm³/mol. The third-order valence-corrected chi connectivity index (χ3v) is 6.17. The summed E-state index contributed by atoms with van der Waals surface area (Å²) in [5, 5.41) is 5.97. The quantitative estimate of drug-likeness (QED) is 0.592. The van der Waals surface area contributed by atoms with Crippen molar-refractivity contribution in [3.63, 3.8) is 0 Å². The normalized spacial score (nSPS) is 15.7. The third-order valence-electron chi connectivity index (χ3n) is 5.10. The van der Waals surface area contributed by atoms with Gasteiger partial charge in [-0.3, -0.25) is 14.5 Å².